The predicted octanol–water partition coefficient (Wildman–Crippen LogP) is 3.16. The monoisotopic (exact) mass is 369 g/mol. The second-order valence-electron chi connectivity index (χ2n) is 6.18. The molecule has 0 aliphatic carbocycles. The summed E-state index contributed by atoms with van der Waals surface area (Å²) < 4.78 is 16.8. The van der Waals surface area contributed by atoms with Crippen LogP contribution in [0.15, 0.2) is 48.7 Å². The third-order valence-corrected chi connectivity index (χ3v) is 4.62. The first-order valence-electron chi connectivity index (χ1n) is 8.70. The number of ether oxygens (including phenoxy) is 3. The maximum atomic E-state index is 11.6. The van der Waals surface area contributed by atoms with E-state index in [-0.39, 0.29) is 5.57 Å². The highest BCUT2D eigenvalue weighted by atomic mass is 16.5. The van der Waals surface area contributed by atoms with Crippen LogP contribution in [0.4, 0.5) is 0 Å². The minimum atomic E-state index is -0.980. The summed E-state index contributed by atoms with van der Waals surface area (Å²) in [5, 5.41) is 12.7. The quantitative estimate of drug-likeness (QED) is 0.781. The van der Waals surface area contributed by atoms with Crippen LogP contribution >= 0.6 is 0 Å². The Labute approximate surface area is 158 Å². The van der Waals surface area contributed by atoms with Crippen LogP contribution in [0.5, 0.6) is 11.5 Å². The van der Waals surface area contributed by atoms with Crippen molar-refractivity contribution in [2.24, 2.45) is 0 Å². The van der Waals surface area contributed by atoms with Gasteiger partial charge in [0.05, 0.1) is 19.8 Å². The van der Waals surface area contributed by atoms with Crippen LogP contribution in [0.25, 0.3) is 5.57 Å². The second-order valence-corrected chi connectivity index (χ2v) is 6.18. The van der Waals surface area contributed by atoms with Crippen molar-refractivity contribution in [3.8, 4) is 11.5 Å². The van der Waals surface area contributed by atoms with Crippen LogP contribution < -0.4 is 14.8 Å². The second kappa shape index (κ2) is 7.72. The fourth-order valence-corrected chi connectivity index (χ4v) is 3.43. The van der Waals surface area contributed by atoms with Gasteiger partial charge >= 0.3 is 5.97 Å². The number of nitrogens with one attached hydrogen (secondary N) is 1. The largest absolute Gasteiger partial charge is 0.493 e. The molecule has 6 heteroatoms. The highest BCUT2D eigenvalue weighted by Crippen LogP contribution is 2.38. The molecular formula is C21H23NO5. The number of hydrogen-bond acceptors (Lipinski definition) is 5. The number of carboxylic acids is 1. The summed E-state index contributed by atoms with van der Waals surface area (Å²) in [6.07, 6.45) is 2.00. The van der Waals surface area contributed by atoms with E-state index in [1.807, 2.05) is 43.3 Å². The van der Waals surface area contributed by atoms with E-state index in [1.165, 1.54) is 6.20 Å². The molecule has 6 nitrogen and oxygen atoms in total. The van der Waals surface area contributed by atoms with Gasteiger partial charge < -0.3 is 24.6 Å². The average Bonchev–Trinajstić information content (AvgIpc) is 2.68. The van der Waals surface area contributed by atoms with Gasteiger partial charge in [0, 0.05) is 24.8 Å². The van der Waals surface area contributed by atoms with E-state index in [0.29, 0.717) is 30.1 Å². The lowest BCUT2D eigenvalue weighted by atomic mass is 9.85. The van der Waals surface area contributed by atoms with Gasteiger partial charge in [0.1, 0.15) is 0 Å². The summed E-state index contributed by atoms with van der Waals surface area (Å²) >= 11 is 0. The highest BCUT2D eigenvalue weighted by Gasteiger charge is 2.39. The SMILES string of the molecule is CCOC1(Cc2ccc(OC)c(OC)c2)NC=C(C(=O)O)c2ccccc21. The van der Waals surface area contributed by atoms with Crippen molar-refractivity contribution in [1.82, 2.24) is 5.32 Å². The zero-order chi connectivity index (χ0) is 19.4. The van der Waals surface area contributed by atoms with Crippen molar-refractivity contribution >= 4 is 11.5 Å². The highest BCUT2D eigenvalue weighted by molar-refractivity contribution is 6.16. The Hall–Kier alpha value is -2.99. The number of hydrogen-bond donors (Lipinski definition) is 2. The Bertz CT molecular complexity index is 877. The molecule has 0 spiro atoms. The lowest BCUT2D eigenvalue weighted by molar-refractivity contribution is -0.130. The smallest absolute Gasteiger partial charge is 0.337 e. The Morgan fingerprint density at radius 2 is 1.85 bits per heavy atom. The maximum absolute atomic E-state index is 11.6. The first-order valence-corrected chi connectivity index (χ1v) is 8.70. The maximum Gasteiger partial charge on any atom is 0.337 e. The number of aliphatic carboxylic acids is 1. The number of carboxylic acid groups (broad SMARTS) is 1. The van der Waals surface area contributed by atoms with E-state index < -0.39 is 11.7 Å². The van der Waals surface area contributed by atoms with E-state index in [4.69, 9.17) is 14.2 Å². The first-order chi connectivity index (χ1) is 13.0. The predicted molar refractivity (Wildman–Crippen MR) is 102 cm³/mol. The zero-order valence-corrected chi connectivity index (χ0v) is 15.6. The van der Waals surface area contributed by atoms with Crippen LogP contribution in [0, 0.1) is 0 Å². The lowest BCUT2D eigenvalue weighted by Crippen LogP contribution is -2.47. The summed E-state index contributed by atoms with van der Waals surface area (Å²) in [7, 11) is 3.19. The van der Waals surface area contributed by atoms with Gasteiger partial charge in [0.2, 0.25) is 0 Å². The summed E-state index contributed by atoms with van der Waals surface area (Å²) in [6, 6.07) is 13.1. The van der Waals surface area contributed by atoms with E-state index in [0.717, 1.165) is 11.1 Å². The van der Waals surface area contributed by atoms with E-state index in [9.17, 15) is 9.90 Å². The van der Waals surface area contributed by atoms with Crippen LogP contribution in [0.3, 0.4) is 0 Å². The Kier molecular flexibility index (Phi) is 5.37. The third kappa shape index (κ3) is 3.48. The molecule has 1 aliphatic heterocycles. The number of carbonyl (C=O) groups is 1. The topological polar surface area (TPSA) is 77.0 Å². The summed E-state index contributed by atoms with van der Waals surface area (Å²) in [5.74, 6) is 0.301. The van der Waals surface area contributed by atoms with Crippen molar-refractivity contribution in [2.75, 3.05) is 20.8 Å². The summed E-state index contributed by atoms with van der Waals surface area (Å²) in [4.78, 5) is 11.6. The molecule has 2 aromatic carbocycles. The van der Waals surface area contributed by atoms with Crippen molar-refractivity contribution in [2.45, 2.75) is 19.1 Å². The molecule has 0 bridgehead atoms. The fraction of sp³-hybridized carbons (Fsp3) is 0.286. The minimum absolute atomic E-state index is 0.216. The van der Waals surface area contributed by atoms with Gasteiger partial charge in [-0.3, -0.25) is 0 Å². The molecular weight excluding hydrogens is 346 g/mol. The molecule has 0 aromatic heterocycles. The molecule has 1 unspecified atom stereocenters. The Morgan fingerprint density at radius 1 is 1.11 bits per heavy atom. The van der Waals surface area contributed by atoms with Crippen molar-refractivity contribution in [3.63, 3.8) is 0 Å². The molecule has 0 saturated carbocycles. The van der Waals surface area contributed by atoms with Gasteiger partial charge in [0.25, 0.3) is 0 Å². The van der Waals surface area contributed by atoms with E-state index in [2.05, 4.69) is 5.32 Å². The van der Waals surface area contributed by atoms with Gasteiger partial charge in [-0.15, -0.1) is 0 Å². The molecule has 2 aromatic rings. The van der Waals surface area contributed by atoms with Crippen LogP contribution in [-0.4, -0.2) is 31.9 Å². The average molecular weight is 369 g/mol. The first kappa shape index (κ1) is 18.8. The van der Waals surface area contributed by atoms with E-state index in [1.54, 1.807) is 20.3 Å². The summed E-state index contributed by atoms with van der Waals surface area (Å²) in [5.41, 5.74) is 1.76. The molecule has 27 heavy (non-hydrogen) atoms. The normalized spacial score (nSPS) is 18.1. The van der Waals surface area contributed by atoms with Gasteiger partial charge in [-0.05, 0) is 30.2 Å². The molecule has 0 radical (unpaired) electrons. The van der Waals surface area contributed by atoms with Gasteiger partial charge in [-0.25, -0.2) is 4.79 Å². The summed E-state index contributed by atoms with van der Waals surface area (Å²) in [6.45, 7) is 2.38. The molecule has 142 valence electrons. The lowest BCUT2D eigenvalue weighted by Gasteiger charge is -2.39. The van der Waals surface area contributed by atoms with Crippen molar-refractivity contribution in [3.05, 3.63) is 65.4 Å². The van der Waals surface area contributed by atoms with Gasteiger partial charge in [-0.2, -0.15) is 0 Å². The number of rotatable bonds is 7. The molecule has 0 amide bonds. The molecule has 1 atom stereocenters. The standard InChI is InChI=1S/C21H23NO5/c1-4-27-21(12-14-9-10-18(25-2)19(11-14)26-3)17-8-6-5-7-15(17)16(13-22-21)20(23)24/h5-11,13,22H,4,12H2,1-3H3,(H,23,24). The van der Waals surface area contributed by atoms with Gasteiger partial charge in [-0.1, -0.05) is 30.3 Å². The molecule has 2 N–H and O–H groups in total. The molecule has 0 fully saturated rings. The van der Waals surface area contributed by atoms with Crippen molar-refractivity contribution < 1.29 is 24.1 Å². The molecule has 1 heterocycles. The number of fused-ring (bicyclic) bond motifs is 1. The fourth-order valence-electron chi connectivity index (χ4n) is 3.43. The zero-order valence-electron chi connectivity index (χ0n) is 15.6. The Balaban J connectivity index is 2.06. The van der Waals surface area contributed by atoms with Crippen LogP contribution in [0.2, 0.25) is 0 Å². The van der Waals surface area contributed by atoms with E-state index >= 15 is 0 Å². The number of benzene rings is 2. The minimum Gasteiger partial charge on any atom is -0.493 e. The Morgan fingerprint density at radius 3 is 2.52 bits per heavy atom. The van der Waals surface area contributed by atoms with Gasteiger partial charge in [0.15, 0.2) is 17.2 Å². The molecule has 1 aliphatic rings. The van der Waals surface area contributed by atoms with Crippen LogP contribution in [-0.2, 0) is 21.7 Å². The van der Waals surface area contributed by atoms with Crippen molar-refractivity contribution in [1.29, 1.82) is 0 Å². The van der Waals surface area contributed by atoms with Crippen LogP contribution in [0.1, 0.15) is 23.6 Å². The number of methoxy groups -OCH3 is 2. The third-order valence-electron chi connectivity index (χ3n) is 4.62. The molecule has 3 rings (SSSR count). The molecule has 0 saturated heterocycles.